The minimum Gasteiger partial charge on any atom is -0.480 e. The second kappa shape index (κ2) is 5.51. The topological polar surface area (TPSA) is 22.1 Å². The Bertz CT molecular complexity index is 370. The highest BCUT2D eigenvalue weighted by molar-refractivity contribution is 7.80. The lowest BCUT2D eigenvalue weighted by Gasteiger charge is -2.00. The smallest absolute Gasteiger partial charge is 0.229 e. The Morgan fingerprint density at radius 1 is 1.64 bits per heavy atom. The van der Waals surface area contributed by atoms with Gasteiger partial charge < -0.3 is 4.74 Å². The monoisotopic (exact) mass is 211 g/mol. The van der Waals surface area contributed by atoms with Crippen LogP contribution in [-0.4, -0.2) is 17.8 Å². The van der Waals surface area contributed by atoms with Gasteiger partial charge in [0.2, 0.25) is 5.88 Å². The lowest BCUT2D eigenvalue weighted by molar-refractivity contribution is 0.394. The summed E-state index contributed by atoms with van der Waals surface area (Å²) >= 11 is 4.01. The maximum Gasteiger partial charge on any atom is 0.229 e. The first-order valence-corrected chi connectivity index (χ1v) is 4.70. The van der Waals surface area contributed by atoms with Crippen molar-refractivity contribution in [1.82, 2.24) is 4.98 Å². The highest BCUT2D eigenvalue weighted by atomic mass is 32.1. The fraction of sp³-hybridized carbons (Fsp3) is 0.300. The summed E-state index contributed by atoms with van der Waals surface area (Å²) in [6.45, 7) is 0. The molecule has 2 nitrogen and oxygen atoms in total. The summed E-state index contributed by atoms with van der Waals surface area (Å²) in [7, 11) is 1.48. The molecule has 1 rings (SSSR count). The second-order valence-electron chi connectivity index (χ2n) is 2.49. The number of nitrogens with zero attached hydrogens (tertiary/aromatic N) is 1. The van der Waals surface area contributed by atoms with Crippen molar-refractivity contribution in [3.8, 4) is 17.7 Å². The molecule has 1 heterocycles. The highest BCUT2D eigenvalue weighted by Crippen LogP contribution is 2.13. The van der Waals surface area contributed by atoms with E-state index >= 15 is 0 Å². The zero-order valence-corrected chi connectivity index (χ0v) is 8.64. The number of hydrogen-bond donors (Lipinski definition) is 1. The normalized spacial score (nSPS) is 9.07. The molecule has 4 heteroatoms. The molecule has 0 fully saturated rings. The van der Waals surface area contributed by atoms with E-state index in [4.69, 9.17) is 4.74 Å². The number of ether oxygens (including phenoxy) is 1. The number of pyridine rings is 1. The average Bonchev–Trinajstić information content (AvgIpc) is 2.19. The van der Waals surface area contributed by atoms with Crippen LogP contribution in [0.1, 0.15) is 12.0 Å². The van der Waals surface area contributed by atoms with Crippen LogP contribution < -0.4 is 4.74 Å². The largest absolute Gasteiger partial charge is 0.480 e. The number of aromatic nitrogens is 1. The molecule has 0 radical (unpaired) electrons. The van der Waals surface area contributed by atoms with E-state index in [0.29, 0.717) is 23.6 Å². The van der Waals surface area contributed by atoms with E-state index < -0.39 is 5.82 Å². The van der Waals surface area contributed by atoms with Gasteiger partial charge in [-0.2, -0.15) is 12.6 Å². The van der Waals surface area contributed by atoms with Crippen LogP contribution in [0.4, 0.5) is 4.39 Å². The van der Waals surface area contributed by atoms with Gasteiger partial charge in [-0.3, -0.25) is 0 Å². The first-order chi connectivity index (χ1) is 6.77. The molecule has 0 atom stereocenters. The molecule has 0 unspecified atom stereocenters. The molecular weight excluding hydrogens is 201 g/mol. The van der Waals surface area contributed by atoms with E-state index in [2.05, 4.69) is 29.5 Å². The lowest BCUT2D eigenvalue weighted by Crippen LogP contribution is -1.92. The van der Waals surface area contributed by atoms with Gasteiger partial charge in [0.1, 0.15) is 5.82 Å². The first kappa shape index (κ1) is 10.9. The SMILES string of the molecule is COc1ncc(F)cc1C#CCCS. The Balaban J connectivity index is 2.94. The molecule has 74 valence electrons. The fourth-order valence-corrected chi connectivity index (χ4v) is 1.00. The molecule has 0 spiro atoms. The molecule has 0 aromatic carbocycles. The molecule has 1 aromatic rings. The Labute approximate surface area is 87.9 Å². The molecule has 0 aliphatic heterocycles. The predicted molar refractivity (Wildman–Crippen MR) is 56.1 cm³/mol. The Kier molecular flexibility index (Phi) is 4.27. The van der Waals surface area contributed by atoms with Crippen LogP contribution in [0.3, 0.4) is 0 Å². The van der Waals surface area contributed by atoms with E-state index in [9.17, 15) is 4.39 Å². The Morgan fingerprint density at radius 2 is 2.43 bits per heavy atom. The maximum absolute atomic E-state index is 12.8. The fourth-order valence-electron chi connectivity index (χ4n) is 0.893. The summed E-state index contributed by atoms with van der Waals surface area (Å²) in [5.41, 5.74) is 0.467. The highest BCUT2D eigenvalue weighted by Gasteiger charge is 2.02. The third kappa shape index (κ3) is 2.93. The predicted octanol–water partition coefficient (Wildman–Crippen LogP) is 1.90. The van der Waals surface area contributed by atoms with Crippen molar-refractivity contribution < 1.29 is 9.13 Å². The third-order valence-corrected chi connectivity index (χ3v) is 1.69. The molecule has 0 saturated carbocycles. The second-order valence-corrected chi connectivity index (χ2v) is 2.93. The minimum absolute atomic E-state index is 0.345. The summed E-state index contributed by atoms with van der Waals surface area (Å²) in [4.78, 5) is 3.76. The summed E-state index contributed by atoms with van der Waals surface area (Å²) in [6, 6.07) is 1.30. The standard InChI is InChI=1S/C10H10FNOS/c1-13-10-8(4-2-3-5-14)6-9(11)7-12-10/h6-7,14H,3,5H2,1H3. The number of methoxy groups -OCH3 is 1. The number of rotatable bonds is 2. The van der Waals surface area contributed by atoms with Gasteiger partial charge in [0.25, 0.3) is 0 Å². The zero-order chi connectivity index (χ0) is 10.4. The minimum atomic E-state index is -0.416. The van der Waals surface area contributed by atoms with E-state index in [0.717, 1.165) is 6.20 Å². The van der Waals surface area contributed by atoms with E-state index in [1.165, 1.54) is 13.2 Å². The van der Waals surface area contributed by atoms with Crippen LogP contribution in [0.25, 0.3) is 0 Å². The van der Waals surface area contributed by atoms with Crippen molar-refractivity contribution in [3.05, 3.63) is 23.6 Å². The molecule has 0 aliphatic rings. The summed E-state index contributed by atoms with van der Waals surface area (Å²) < 4.78 is 17.7. The number of hydrogen-bond acceptors (Lipinski definition) is 3. The van der Waals surface area contributed by atoms with Crippen LogP contribution in [0.2, 0.25) is 0 Å². The molecule has 0 aliphatic carbocycles. The zero-order valence-electron chi connectivity index (χ0n) is 7.75. The van der Waals surface area contributed by atoms with Crippen LogP contribution in [-0.2, 0) is 0 Å². The van der Waals surface area contributed by atoms with Crippen molar-refractivity contribution >= 4 is 12.6 Å². The van der Waals surface area contributed by atoms with Gasteiger partial charge in [-0.15, -0.1) is 0 Å². The van der Waals surface area contributed by atoms with Crippen LogP contribution in [0.15, 0.2) is 12.3 Å². The third-order valence-electron chi connectivity index (χ3n) is 1.47. The van der Waals surface area contributed by atoms with Gasteiger partial charge in [0, 0.05) is 12.2 Å². The van der Waals surface area contributed by atoms with E-state index in [1.54, 1.807) is 0 Å². The van der Waals surface area contributed by atoms with E-state index in [1.807, 2.05) is 0 Å². The van der Waals surface area contributed by atoms with Gasteiger partial charge in [-0.25, -0.2) is 9.37 Å². The van der Waals surface area contributed by atoms with Gasteiger partial charge in [0.05, 0.1) is 18.9 Å². The van der Waals surface area contributed by atoms with Crippen LogP contribution in [0, 0.1) is 17.7 Å². The van der Waals surface area contributed by atoms with Gasteiger partial charge in [0.15, 0.2) is 0 Å². The Morgan fingerprint density at radius 3 is 3.07 bits per heavy atom. The molecule has 0 amide bonds. The lowest BCUT2D eigenvalue weighted by atomic mass is 10.2. The molecule has 14 heavy (non-hydrogen) atoms. The first-order valence-electron chi connectivity index (χ1n) is 4.07. The molecule has 0 saturated heterocycles. The van der Waals surface area contributed by atoms with Gasteiger partial charge in [-0.1, -0.05) is 11.8 Å². The summed E-state index contributed by atoms with van der Waals surface area (Å²) in [5.74, 6) is 6.23. The Hall–Kier alpha value is -1.21. The maximum atomic E-state index is 12.8. The van der Waals surface area contributed by atoms with Crippen molar-refractivity contribution in [1.29, 1.82) is 0 Å². The number of halogens is 1. The molecule has 0 bridgehead atoms. The van der Waals surface area contributed by atoms with Crippen molar-refractivity contribution in [3.63, 3.8) is 0 Å². The van der Waals surface area contributed by atoms with E-state index in [-0.39, 0.29) is 0 Å². The summed E-state index contributed by atoms with van der Waals surface area (Å²) in [6.07, 6.45) is 1.76. The van der Waals surface area contributed by atoms with Gasteiger partial charge >= 0.3 is 0 Å². The van der Waals surface area contributed by atoms with Crippen LogP contribution >= 0.6 is 12.6 Å². The van der Waals surface area contributed by atoms with Crippen LogP contribution in [0.5, 0.6) is 5.88 Å². The summed E-state index contributed by atoms with van der Waals surface area (Å²) in [5, 5.41) is 0. The average molecular weight is 211 g/mol. The van der Waals surface area contributed by atoms with Crippen molar-refractivity contribution in [2.24, 2.45) is 0 Å². The molecular formula is C10H10FNOS. The quantitative estimate of drug-likeness (QED) is 0.596. The molecule has 1 aromatic heterocycles. The van der Waals surface area contributed by atoms with Crippen molar-refractivity contribution in [2.75, 3.05) is 12.9 Å². The van der Waals surface area contributed by atoms with Gasteiger partial charge in [-0.05, 0) is 6.07 Å². The number of thiol groups is 1. The van der Waals surface area contributed by atoms with Crippen molar-refractivity contribution in [2.45, 2.75) is 6.42 Å². The molecule has 0 N–H and O–H groups in total.